The number of carbonyl (C=O) groups excluding carboxylic acids is 1. The van der Waals surface area contributed by atoms with Crippen LogP contribution < -0.4 is 5.32 Å². The summed E-state index contributed by atoms with van der Waals surface area (Å²) >= 11 is 7.86. The second-order valence-corrected chi connectivity index (χ2v) is 6.79. The molecule has 0 aliphatic rings. The van der Waals surface area contributed by atoms with Crippen LogP contribution in [0.1, 0.15) is 0 Å². The van der Waals surface area contributed by atoms with Gasteiger partial charge in [0.25, 0.3) is 5.22 Å². The maximum Gasteiger partial charge on any atom is 0.345 e. The van der Waals surface area contributed by atoms with Crippen molar-refractivity contribution in [3.8, 4) is 11.5 Å². The third kappa shape index (κ3) is 4.32. The number of aromatic nitrogens is 3. The van der Waals surface area contributed by atoms with Gasteiger partial charge in [0, 0.05) is 0 Å². The molecule has 0 bridgehead atoms. The van der Waals surface area contributed by atoms with Gasteiger partial charge in [-0.2, -0.15) is 0 Å². The number of amides is 1. The lowest BCUT2D eigenvalue weighted by Gasteiger charge is -1.98. The predicted molar refractivity (Wildman–Crippen MR) is 92.9 cm³/mol. The number of hydrogen-bond donors (Lipinski definition) is 1. The summed E-state index contributed by atoms with van der Waals surface area (Å²) < 4.78 is 5.46. The highest BCUT2D eigenvalue weighted by atomic mass is 35.5. The third-order valence-corrected chi connectivity index (χ3v) is 4.77. The van der Waals surface area contributed by atoms with Crippen LogP contribution in [0.2, 0.25) is 5.02 Å². The third-order valence-electron chi connectivity index (χ3n) is 2.76. The fourth-order valence-electron chi connectivity index (χ4n) is 1.70. The molecule has 0 spiro atoms. The number of thioether (sulfide) groups is 1. The first-order valence-corrected chi connectivity index (χ1v) is 8.82. The molecule has 0 radical (unpaired) electrons. The number of anilines is 1. The fraction of sp³-hybridized carbons (Fsp3) is 0.0769. The summed E-state index contributed by atoms with van der Waals surface area (Å²) in [5.41, 5.74) is 0.600. The van der Waals surface area contributed by atoms with Crippen LogP contribution in [-0.2, 0) is 4.79 Å². The van der Waals surface area contributed by atoms with Gasteiger partial charge in [-0.15, -0.1) is 10.2 Å². The maximum atomic E-state index is 11.8. The van der Waals surface area contributed by atoms with E-state index in [1.807, 2.05) is 0 Å². The Hall–Kier alpha value is -2.50. The number of hydrogen-bond acceptors (Lipinski definition) is 9. The Morgan fingerprint density at radius 3 is 2.92 bits per heavy atom. The molecule has 25 heavy (non-hydrogen) atoms. The van der Waals surface area contributed by atoms with E-state index in [-0.39, 0.29) is 27.0 Å². The quantitative estimate of drug-likeness (QED) is 0.380. The maximum absolute atomic E-state index is 11.8. The van der Waals surface area contributed by atoms with Crippen molar-refractivity contribution in [1.82, 2.24) is 15.2 Å². The number of nitrogens with one attached hydrogen (secondary N) is 1. The molecule has 0 unspecified atom stereocenters. The van der Waals surface area contributed by atoms with Crippen molar-refractivity contribution in [3.63, 3.8) is 0 Å². The van der Waals surface area contributed by atoms with Gasteiger partial charge in [-0.1, -0.05) is 35.5 Å². The van der Waals surface area contributed by atoms with Crippen LogP contribution in [0.5, 0.6) is 0 Å². The van der Waals surface area contributed by atoms with Gasteiger partial charge in [-0.25, -0.2) is 4.98 Å². The molecule has 0 saturated heterocycles. The van der Waals surface area contributed by atoms with Crippen LogP contribution in [0.15, 0.2) is 40.1 Å². The Balaban J connectivity index is 1.57. The molecule has 2 aromatic heterocycles. The highest BCUT2D eigenvalue weighted by Gasteiger charge is 2.16. The zero-order valence-corrected chi connectivity index (χ0v) is 14.6. The standard InChI is InChI=1S/C13H8ClN5O4S2/c14-8-4-2-1-3-7(8)11-17-18-13(23-11)24-6-9(20)16-12-15-5-10(25-12)19(21)22/h1-5H,6H2,(H,15,16,20). The van der Waals surface area contributed by atoms with Crippen molar-refractivity contribution in [2.45, 2.75) is 5.22 Å². The summed E-state index contributed by atoms with van der Waals surface area (Å²) in [6.45, 7) is 0. The molecule has 0 saturated carbocycles. The molecule has 9 nitrogen and oxygen atoms in total. The number of thiazole rings is 1. The zero-order chi connectivity index (χ0) is 17.8. The summed E-state index contributed by atoms with van der Waals surface area (Å²) in [7, 11) is 0. The van der Waals surface area contributed by atoms with Gasteiger partial charge >= 0.3 is 5.00 Å². The molecule has 0 fully saturated rings. The Morgan fingerprint density at radius 2 is 2.20 bits per heavy atom. The average Bonchev–Trinajstić information content (AvgIpc) is 3.23. The van der Waals surface area contributed by atoms with E-state index in [0.29, 0.717) is 10.6 Å². The fourth-order valence-corrected chi connectivity index (χ4v) is 3.13. The second-order valence-electron chi connectivity index (χ2n) is 4.45. The molecular weight excluding hydrogens is 390 g/mol. The van der Waals surface area contributed by atoms with Crippen molar-refractivity contribution < 1.29 is 14.1 Å². The minimum absolute atomic E-state index is 0.0163. The first-order chi connectivity index (χ1) is 12.0. The minimum Gasteiger partial charge on any atom is -0.411 e. The molecule has 3 aromatic rings. The van der Waals surface area contributed by atoms with E-state index >= 15 is 0 Å². The van der Waals surface area contributed by atoms with Crippen molar-refractivity contribution in [2.24, 2.45) is 0 Å². The summed E-state index contributed by atoms with van der Waals surface area (Å²) in [6, 6.07) is 7.02. The largest absolute Gasteiger partial charge is 0.411 e. The normalized spacial score (nSPS) is 10.6. The molecule has 1 amide bonds. The number of rotatable bonds is 6. The van der Waals surface area contributed by atoms with Gasteiger partial charge in [0.1, 0.15) is 6.20 Å². The number of nitro groups is 1. The van der Waals surface area contributed by atoms with Crippen LogP contribution in [0.25, 0.3) is 11.5 Å². The highest BCUT2D eigenvalue weighted by molar-refractivity contribution is 7.99. The number of halogens is 1. The van der Waals surface area contributed by atoms with Gasteiger partial charge in [0.2, 0.25) is 11.8 Å². The van der Waals surface area contributed by atoms with E-state index in [1.54, 1.807) is 24.3 Å². The van der Waals surface area contributed by atoms with E-state index in [4.69, 9.17) is 16.0 Å². The van der Waals surface area contributed by atoms with E-state index in [0.717, 1.165) is 29.3 Å². The molecular formula is C13H8ClN5O4S2. The van der Waals surface area contributed by atoms with Crippen molar-refractivity contribution >= 4 is 50.7 Å². The predicted octanol–water partition coefficient (Wildman–Crippen LogP) is 3.49. The summed E-state index contributed by atoms with van der Waals surface area (Å²) in [5, 5.41) is 21.5. The van der Waals surface area contributed by atoms with Crippen molar-refractivity contribution in [2.75, 3.05) is 11.1 Å². The lowest BCUT2D eigenvalue weighted by molar-refractivity contribution is -0.380. The molecule has 1 N–H and O–H groups in total. The van der Waals surface area contributed by atoms with Crippen LogP contribution in [0, 0.1) is 10.1 Å². The monoisotopic (exact) mass is 397 g/mol. The Bertz CT molecular complexity index is 929. The molecule has 12 heteroatoms. The number of carbonyl (C=O) groups is 1. The average molecular weight is 398 g/mol. The van der Waals surface area contributed by atoms with Gasteiger partial charge in [-0.3, -0.25) is 14.9 Å². The molecule has 0 aliphatic heterocycles. The van der Waals surface area contributed by atoms with Crippen LogP contribution in [0.4, 0.5) is 10.1 Å². The Kier molecular flexibility index (Phi) is 5.26. The summed E-state index contributed by atoms with van der Waals surface area (Å²) in [4.78, 5) is 25.6. The first-order valence-electron chi connectivity index (χ1n) is 6.64. The van der Waals surface area contributed by atoms with Gasteiger partial charge in [0.05, 0.1) is 21.3 Å². The smallest absolute Gasteiger partial charge is 0.345 e. The minimum atomic E-state index is -0.573. The molecule has 0 aliphatic carbocycles. The van der Waals surface area contributed by atoms with Crippen molar-refractivity contribution in [1.29, 1.82) is 0 Å². The van der Waals surface area contributed by atoms with Gasteiger partial charge < -0.3 is 9.73 Å². The van der Waals surface area contributed by atoms with Gasteiger partial charge in [0.15, 0.2) is 5.13 Å². The van der Waals surface area contributed by atoms with E-state index in [2.05, 4.69) is 20.5 Å². The lowest BCUT2D eigenvalue weighted by atomic mass is 10.2. The molecule has 3 rings (SSSR count). The van der Waals surface area contributed by atoms with E-state index < -0.39 is 10.8 Å². The lowest BCUT2D eigenvalue weighted by Crippen LogP contribution is -2.13. The zero-order valence-electron chi connectivity index (χ0n) is 12.2. The molecule has 2 heterocycles. The van der Waals surface area contributed by atoms with Crippen LogP contribution in [-0.4, -0.2) is 31.8 Å². The molecule has 0 atom stereocenters. The highest BCUT2D eigenvalue weighted by Crippen LogP contribution is 2.29. The van der Waals surface area contributed by atoms with Crippen LogP contribution >= 0.6 is 34.7 Å². The summed E-state index contributed by atoms with van der Waals surface area (Å²) in [6.07, 6.45) is 1.08. The number of benzene rings is 1. The topological polar surface area (TPSA) is 124 Å². The first kappa shape index (κ1) is 17.3. The molecule has 128 valence electrons. The van der Waals surface area contributed by atoms with E-state index in [9.17, 15) is 14.9 Å². The van der Waals surface area contributed by atoms with Gasteiger partial charge in [-0.05, 0) is 23.5 Å². The Labute approximate surface area is 153 Å². The van der Waals surface area contributed by atoms with Crippen molar-refractivity contribution in [3.05, 3.63) is 45.6 Å². The van der Waals surface area contributed by atoms with E-state index in [1.165, 1.54) is 0 Å². The summed E-state index contributed by atoms with van der Waals surface area (Å²) in [5.74, 6) is -0.159. The SMILES string of the molecule is O=C(CSc1nnc(-c2ccccc2Cl)o1)Nc1ncc([N+](=O)[O-])s1. The second kappa shape index (κ2) is 7.59. The molecule has 1 aromatic carbocycles. The van der Waals surface area contributed by atoms with Crippen LogP contribution in [0.3, 0.4) is 0 Å². The Morgan fingerprint density at radius 1 is 1.40 bits per heavy atom. The number of nitrogens with zero attached hydrogens (tertiary/aromatic N) is 4.